The minimum absolute atomic E-state index is 0.218. The van der Waals surface area contributed by atoms with E-state index < -0.39 is 22.2 Å². The lowest BCUT2D eigenvalue weighted by atomic mass is 10.2. The highest BCUT2D eigenvalue weighted by molar-refractivity contribution is 7.87. The standard InChI is InChI=1S/C8H18N2O4S/c1-4-7(8(11)12)9-15(13,14)10(5-2)6-3/h7,9H,4-6H2,1-3H3,(H,11,12)/t7-/m1/s1. The van der Waals surface area contributed by atoms with E-state index in [9.17, 15) is 13.2 Å². The van der Waals surface area contributed by atoms with Gasteiger partial charge in [0.15, 0.2) is 0 Å². The molecule has 6 nitrogen and oxygen atoms in total. The van der Waals surface area contributed by atoms with Crippen LogP contribution in [0.25, 0.3) is 0 Å². The van der Waals surface area contributed by atoms with E-state index in [0.717, 1.165) is 0 Å². The molecular weight excluding hydrogens is 220 g/mol. The molecule has 0 bridgehead atoms. The fraction of sp³-hybridized carbons (Fsp3) is 0.875. The molecule has 1 atom stereocenters. The van der Waals surface area contributed by atoms with Gasteiger partial charge in [-0.05, 0) is 6.42 Å². The zero-order chi connectivity index (χ0) is 12.1. The molecule has 7 heteroatoms. The lowest BCUT2D eigenvalue weighted by molar-refractivity contribution is -0.139. The third-order valence-electron chi connectivity index (χ3n) is 2.04. The fourth-order valence-corrected chi connectivity index (χ4v) is 2.58. The van der Waals surface area contributed by atoms with Crippen molar-refractivity contribution in [3.8, 4) is 0 Å². The molecule has 0 unspecified atom stereocenters. The van der Waals surface area contributed by atoms with Crippen molar-refractivity contribution in [1.29, 1.82) is 0 Å². The summed E-state index contributed by atoms with van der Waals surface area (Å²) in [4.78, 5) is 10.7. The molecule has 0 heterocycles. The SMILES string of the molecule is CC[C@@H](NS(=O)(=O)N(CC)CC)C(=O)O. The predicted molar refractivity (Wildman–Crippen MR) is 56.7 cm³/mol. The number of hydrogen-bond donors (Lipinski definition) is 2. The van der Waals surface area contributed by atoms with Crippen molar-refractivity contribution >= 4 is 16.2 Å². The van der Waals surface area contributed by atoms with Crippen molar-refractivity contribution in [2.45, 2.75) is 33.2 Å². The van der Waals surface area contributed by atoms with Gasteiger partial charge in [0.1, 0.15) is 6.04 Å². The second-order valence-corrected chi connectivity index (χ2v) is 4.71. The minimum Gasteiger partial charge on any atom is -0.480 e. The van der Waals surface area contributed by atoms with E-state index in [1.54, 1.807) is 20.8 Å². The Bertz CT molecular complexity index is 298. The zero-order valence-electron chi connectivity index (χ0n) is 9.23. The Kier molecular flexibility index (Phi) is 5.77. The van der Waals surface area contributed by atoms with Gasteiger partial charge in [-0.2, -0.15) is 17.4 Å². The average Bonchev–Trinajstić information content (AvgIpc) is 2.15. The summed E-state index contributed by atoms with van der Waals surface area (Å²) < 4.78 is 26.6. The van der Waals surface area contributed by atoms with E-state index in [2.05, 4.69) is 4.72 Å². The monoisotopic (exact) mass is 238 g/mol. The number of rotatable bonds is 7. The summed E-state index contributed by atoms with van der Waals surface area (Å²) in [5.41, 5.74) is 0. The molecule has 0 fully saturated rings. The van der Waals surface area contributed by atoms with Gasteiger partial charge < -0.3 is 5.11 Å². The Balaban J connectivity index is 4.68. The number of nitrogens with zero attached hydrogens (tertiary/aromatic N) is 1. The van der Waals surface area contributed by atoms with Crippen molar-refractivity contribution in [1.82, 2.24) is 9.03 Å². The first kappa shape index (κ1) is 14.3. The summed E-state index contributed by atoms with van der Waals surface area (Å²) in [6.07, 6.45) is 0.218. The van der Waals surface area contributed by atoms with E-state index in [0.29, 0.717) is 13.1 Å². The van der Waals surface area contributed by atoms with Crippen LogP contribution in [0.15, 0.2) is 0 Å². The quantitative estimate of drug-likeness (QED) is 0.655. The summed E-state index contributed by atoms with van der Waals surface area (Å²) in [5.74, 6) is -1.16. The van der Waals surface area contributed by atoms with E-state index >= 15 is 0 Å². The Hall–Kier alpha value is -0.660. The number of carbonyl (C=O) groups is 1. The average molecular weight is 238 g/mol. The summed E-state index contributed by atoms with van der Waals surface area (Å²) in [5, 5.41) is 8.72. The molecule has 0 aliphatic rings. The third kappa shape index (κ3) is 4.15. The number of carboxylic acid groups (broad SMARTS) is 1. The van der Waals surface area contributed by atoms with Crippen LogP contribution < -0.4 is 4.72 Å². The second kappa shape index (κ2) is 6.04. The van der Waals surface area contributed by atoms with Crippen LogP contribution in [0.5, 0.6) is 0 Å². The first-order valence-electron chi connectivity index (χ1n) is 4.89. The zero-order valence-corrected chi connectivity index (χ0v) is 10.0. The van der Waals surface area contributed by atoms with Crippen molar-refractivity contribution in [3.05, 3.63) is 0 Å². The Labute approximate surface area is 90.5 Å². The van der Waals surface area contributed by atoms with Gasteiger partial charge in [-0.1, -0.05) is 20.8 Å². The second-order valence-electron chi connectivity index (χ2n) is 3.01. The summed E-state index contributed by atoms with van der Waals surface area (Å²) >= 11 is 0. The van der Waals surface area contributed by atoms with Crippen LogP contribution in [0.4, 0.5) is 0 Å². The molecule has 0 aromatic heterocycles. The molecule has 0 aromatic rings. The minimum atomic E-state index is -3.68. The molecule has 90 valence electrons. The Morgan fingerprint density at radius 2 is 1.80 bits per heavy atom. The smallest absolute Gasteiger partial charge is 0.321 e. The summed E-state index contributed by atoms with van der Waals surface area (Å²) in [6, 6.07) is -1.06. The Morgan fingerprint density at radius 1 is 1.33 bits per heavy atom. The highest BCUT2D eigenvalue weighted by Gasteiger charge is 2.25. The molecule has 15 heavy (non-hydrogen) atoms. The number of nitrogens with one attached hydrogen (secondary N) is 1. The third-order valence-corrected chi connectivity index (χ3v) is 3.82. The first-order chi connectivity index (χ1) is 6.88. The highest BCUT2D eigenvalue weighted by atomic mass is 32.2. The maximum absolute atomic E-state index is 11.6. The van der Waals surface area contributed by atoms with Crippen LogP contribution in [-0.4, -0.2) is 42.9 Å². The van der Waals surface area contributed by atoms with Crippen LogP contribution >= 0.6 is 0 Å². The normalized spacial score (nSPS) is 14.1. The first-order valence-corrected chi connectivity index (χ1v) is 6.33. The van der Waals surface area contributed by atoms with Crippen molar-refractivity contribution < 1.29 is 18.3 Å². The molecular formula is C8H18N2O4S. The predicted octanol–water partition coefficient (Wildman–Crippen LogP) is 0.0258. The highest BCUT2D eigenvalue weighted by Crippen LogP contribution is 2.01. The molecule has 0 rings (SSSR count). The summed E-state index contributed by atoms with van der Waals surface area (Å²) in [7, 11) is -3.68. The van der Waals surface area contributed by atoms with E-state index in [1.807, 2.05) is 0 Å². The van der Waals surface area contributed by atoms with Gasteiger partial charge in [0.25, 0.3) is 10.2 Å². The van der Waals surface area contributed by atoms with Crippen LogP contribution in [0.2, 0.25) is 0 Å². The van der Waals surface area contributed by atoms with E-state index in [4.69, 9.17) is 5.11 Å². The number of carboxylic acids is 1. The number of hydrogen-bond acceptors (Lipinski definition) is 3. The molecule has 0 spiro atoms. The molecule has 0 amide bonds. The van der Waals surface area contributed by atoms with Gasteiger partial charge in [-0.3, -0.25) is 4.79 Å². The maximum atomic E-state index is 11.6. The summed E-state index contributed by atoms with van der Waals surface area (Å²) in [6.45, 7) is 5.65. The lowest BCUT2D eigenvalue weighted by Gasteiger charge is -2.21. The molecule has 0 aliphatic carbocycles. The molecule has 0 radical (unpaired) electrons. The van der Waals surface area contributed by atoms with Gasteiger partial charge in [0.2, 0.25) is 0 Å². The maximum Gasteiger partial charge on any atom is 0.321 e. The van der Waals surface area contributed by atoms with Crippen LogP contribution in [0, 0.1) is 0 Å². The van der Waals surface area contributed by atoms with Crippen LogP contribution in [0.3, 0.4) is 0 Å². The molecule has 0 saturated heterocycles. The molecule has 0 aliphatic heterocycles. The Morgan fingerprint density at radius 3 is 2.07 bits per heavy atom. The van der Waals surface area contributed by atoms with Gasteiger partial charge >= 0.3 is 5.97 Å². The van der Waals surface area contributed by atoms with Crippen molar-refractivity contribution in [2.75, 3.05) is 13.1 Å². The van der Waals surface area contributed by atoms with E-state index in [-0.39, 0.29) is 6.42 Å². The topological polar surface area (TPSA) is 86.7 Å². The van der Waals surface area contributed by atoms with Gasteiger partial charge in [0.05, 0.1) is 0 Å². The van der Waals surface area contributed by atoms with Crippen LogP contribution in [-0.2, 0) is 15.0 Å². The molecule has 0 saturated carbocycles. The number of aliphatic carboxylic acids is 1. The van der Waals surface area contributed by atoms with Gasteiger partial charge in [-0.25, -0.2) is 0 Å². The molecule has 0 aromatic carbocycles. The van der Waals surface area contributed by atoms with Crippen molar-refractivity contribution in [2.24, 2.45) is 0 Å². The lowest BCUT2D eigenvalue weighted by Crippen LogP contribution is -2.47. The van der Waals surface area contributed by atoms with Crippen molar-refractivity contribution in [3.63, 3.8) is 0 Å². The molecule has 2 N–H and O–H groups in total. The van der Waals surface area contributed by atoms with Gasteiger partial charge in [0, 0.05) is 13.1 Å². The van der Waals surface area contributed by atoms with Crippen LogP contribution in [0.1, 0.15) is 27.2 Å². The van der Waals surface area contributed by atoms with Gasteiger partial charge in [-0.15, -0.1) is 0 Å². The fourth-order valence-electron chi connectivity index (χ4n) is 1.13. The largest absolute Gasteiger partial charge is 0.480 e. The van der Waals surface area contributed by atoms with E-state index in [1.165, 1.54) is 4.31 Å².